The fourth-order valence-electron chi connectivity index (χ4n) is 3.15. The van der Waals surface area contributed by atoms with E-state index in [1.165, 1.54) is 25.1 Å². The van der Waals surface area contributed by atoms with E-state index in [4.69, 9.17) is 0 Å². The molecular formula is C20H19F15O. The molecule has 0 heterocycles. The van der Waals surface area contributed by atoms with Crippen LogP contribution in [0.1, 0.15) is 49.8 Å². The SMILES string of the molecule is CCC(C)c1ccccc1C(CC(F)(F)C(F)(F)C(F)(F)C(F)(F)C(F)(F)C(F)(F)C(F)(F)F)OC. The molecule has 0 bridgehead atoms. The third kappa shape index (κ3) is 4.85. The second-order valence-corrected chi connectivity index (χ2v) is 7.94. The lowest BCUT2D eigenvalue weighted by Gasteiger charge is -2.42. The van der Waals surface area contributed by atoms with Crippen LogP contribution in [0.5, 0.6) is 0 Å². The number of methoxy groups -OCH3 is 1. The predicted octanol–water partition coefficient (Wildman–Crippen LogP) is 8.65. The molecule has 36 heavy (non-hydrogen) atoms. The Kier molecular flexibility index (Phi) is 8.74. The Labute approximate surface area is 194 Å². The van der Waals surface area contributed by atoms with Gasteiger partial charge in [0, 0.05) is 13.5 Å². The van der Waals surface area contributed by atoms with E-state index in [-0.39, 0.29) is 11.1 Å². The highest BCUT2D eigenvalue weighted by molar-refractivity contribution is 5.32. The molecule has 2 atom stereocenters. The number of hydrogen-bond acceptors (Lipinski definition) is 1. The van der Waals surface area contributed by atoms with E-state index < -0.39 is 60.2 Å². The van der Waals surface area contributed by atoms with E-state index >= 15 is 0 Å². The van der Waals surface area contributed by atoms with Gasteiger partial charge < -0.3 is 4.74 Å². The molecular weight excluding hydrogens is 541 g/mol. The Hall–Kier alpha value is -1.87. The minimum absolute atomic E-state index is 0.180. The van der Waals surface area contributed by atoms with Gasteiger partial charge in [0.15, 0.2) is 0 Å². The van der Waals surface area contributed by atoms with Gasteiger partial charge in [0.25, 0.3) is 0 Å². The molecule has 1 rings (SSSR count). The first-order valence-corrected chi connectivity index (χ1v) is 9.84. The Balaban J connectivity index is 3.57. The highest BCUT2D eigenvalue weighted by atomic mass is 19.4. The van der Waals surface area contributed by atoms with Gasteiger partial charge in [0.2, 0.25) is 0 Å². The van der Waals surface area contributed by atoms with Crippen molar-refractivity contribution in [3.05, 3.63) is 35.4 Å². The van der Waals surface area contributed by atoms with Crippen LogP contribution in [0.25, 0.3) is 0 Å². The summed E-state index contributed by atoms with van der Waals surface area (Å²) < 4.78 is 206. The predicted molar refractivity (Wildman–Crippen MR) is 95.3 cm³/mol. The fraction of sp³-hybridized carbons (Fsp3) is 0.700. The molecule has 2 unspecified atom stereocenters. The number of benzene rings is 1. The zero-order valence-electron chi connectivity index (χ0n) is 18.5. The van der Waals surface area contributed by atoms with Gasteiger partial charge in [-0.3, -0.25) is 0 Å². The molecule has 0 saturated carbocycles. The highest BCUT2D eigenvalue weighted by Crippen LogP contribution is 2.63. The van der Waals surface area contributed by atoms with Gasteiger partial charge in [-0.05, 0) is 23.5 Å². The molecule has 0 fully saturated rings. The topological polar surface area (TPSA) is 9.23 Å². The summed E-state index contributed by atoms with van der Waals surface area (Å²) in [6.07, 6.45) is -12.1. The maximum atomic E-state index is 14.4. The summed E-state index contributed by atoms with van der Waals surface area (Å²) in [5, 5.41) is 0. The Morgan fingerprint density at radius 1 is 0.639 bits per heavy atom. The summed E-state index contributed by atoms with van der Waals surface area (Å²) in [5.41, 5.74) is -0.117. The van der Waals surface area contributed by atoms with Crippen LogP contribution in [-0.4, -0.2) is 48.8 Å². The third-order valence-corrected chi connectivity index (χ3v) is 5.61. The number of halogens is 15. The van der Waals surface area contributed by atoms with Crippen LogP contribution in [0.2, 0.25) is 0 Å². The zero-order valence-corrected chi connectivity index (χ0v) is 18.5. The van der Waals surface area contributed by atoms with E-state index in [9.17, 15) is 65.9 Å². The summed E-state index contributed by atoms with van der Waals surface area (Å²) in [5.74, 6) is -47.1. The van der Waals surface area contributed by atoms with Crippen molar-refractivity contribution in [1.29, 1.82) is 0 Å². The van der Waals surface area contributed by atoms with Crippen molar-refractivity contribution >= 4 is 0 Å². The quantitative estimate of drug-likeness (QED) is 0.246. The lowest BCUT2D eigenvalue weighted by Crippen LogP contribution is -2.72. The van der Waals surface area contributed by atoms with Crippen LogP contribution < -0.4 is 0 Å². The van der Waals surface area contributed by atoms with Crippen LogP contribution >= 0.6 is 0 Å². The largest absolute Gasteiger partial charge is 0.460 e. The standard InChI is InChI=1S/C20H19F15O/c1-4-10(2)11-7-5-6-8-12(11)13(36-3)9-14(21,22)15(23,24)16(25,26)17(27,28)18(29,30)19(31,32)20(33,34)35/h5-8,10,13H,4,9H2,1-3H3. The second kappa shape index (κ2) is 9.78. The first-order valence-electron chi connectivity index (χ1n) is 9.84. The van der Waals surface area contributed by atoms with Crippen molar-refractivity contribution in [2.75, 3.05) is 7.11 Å². The van der Waals surface area contributed by atoms with Crippen LogP contribution in [0.3, 0.4) is 0 Å². The summed E-state index contributed by atoms with van der Waals surface area (Å²) in [4.78, 5) is 0. The molecule has 210 valence electrons. The van der Waals surface area contributed by atoms with Gasteiger partial charge in [-0.15, -0.1) is 0 Å². The molecule has 0 amide bonds. The third-order valence-electron chi connectivity index (χ3n) is 5.61. The first-order chi connectivity index (χ1) is 15.9. The van der Waals surface area contributed by atoms with Gasteiger partial charge in [0.05, 0.1) is 6.10 Å². The molecule has 1 aromatic carbocycles. The Morgan fingerprint density at radius 3 is 1.42 bits per heavy atom. The lowest BCUT2D eigenvalue weighted by atomic mass is 9.86. The summed E-state index contributed by atoms with van der Waals surface area (Å²) in [7, 11) is 0.636. The monoisotopic (exact) mass is 560 g/mol. The van der Waals surface area contributed by atoms with Crippen molar-refractivity contribution < 1.29 is 70.6 Å². The number of hydrogen-bond donors (Lipinski definition) is 0. The molecule has 0 aromatic heterocycles. The lowest BCUT2D eigenvalue weighted by molar-refractivity contribution is -0.453. The summed E-state index contributed by atoms with van der Waals surface area (Å²) in [6, 6.07) is 4.91. The van der Waals surface area contributed by atoms with Crippen LogP contribution in [0.4, 0.5) is 65.9 Å². The molecule has 1 nitrogen and oxygen atoms in total. The first kappa shape index (κ1) is 32.2. The normalized spacial score (nSPS) is 16.7. The van der Waals surface area contributed by atoms with Crippen LogP contribution in [0, 0.1) is 0 Å². The highest BCUT2D eigenvalue weighted by Gasteiger charge is 2.93. The molecule has 0 aliphatic carbocycles. The molecule has 0 radical (unpaired) electrons. The zero-order chi connectivity index (χ0) is 28.8. The smallest absolute Gasteiger partial charge is 0.377 e. The molecule has 0 aliphatic heterocycles. The van der Waals surface area contributed by atoms with Gasteiger partial charge >= 0.3 is 41.7 Å². The summed E-state index contributed by atoms with van der Waals surface area (Å²) in [6.45, 7) is 3.15. The molecule has 0 saturated heterocycles. The number of alkyl halides is 15. The van der Waals surface area contributed by atoms with E-state index in [1.54, 1.807) is 6.92 Å². The minimum Gasteiger partial charge on any atom is -0.377 e. The van der Waals surface area contributed by atoms with Crippen molar-refractivity contribution in [2.45, 2.75) is 80.4 Å². The van der Waals surface area contributed by atoms with E-state index in [1.807, 2.05) is 0 Å². The maximum absolute atomic E-state index is 14.4. The van der Waals surface area contributed by atoms with Crippen LogP contribution in [0.15, 0.2) is 24.3 Å². The molecule has 16 heteroatoms. The molecule has 0 N–H and O–H groups in total. The molecule has 0 aliphatic rings. The van der Waals surface area contributed by atoms with Crippen molar-refractivity contribution in [2.24, 2.45) is 0 Å². The van der Waals surface area contributed by atoms with Gasteiger partial charge in [-0.1, -0.05) is 38.1 Å². The number of ether oxygens (including phenoxy) is 1. The van der Waals surface area contributed by atoms with Gasteiger partial charge in [0.1, 0.15) is 0 Å². The molecule has 1 aromatic rings. The van der Waals surface area contributed by atoms with Crippen molar-refractivity contribution in [3.8, 4) is 0 Å². The van der Waals surface area contributed by atoms with Gasteiger partial charge in [-0.25, -0.2) is 0 Å². The van der Waals surface area contributed by atoms with Crippen molar-refractivity contribution in [1.82, 2.24) is 0 Å². The van der Waals surface area contributed by atoms with E-state index in [0.29, 0.717) is 13.5 Å². The van der Waals surface area contributed by atoms with Gasteiger partial charge in [-0.2, -0.15) is 65.9 Å². The average Bonchev–Trinajstić information content (AvgIpc) is 2.75. The molecule has 0 spiro atoms. The minimum atomic E-state index is -8.30. The van der Waals surface area contributed by atoms with Crippen molar-refractivity contribution in [3.63, 3.8) is 0 Å². The average molecular weight is 560 g/mol. The van der Waals surface area contributed by atoms with Crippen LogP contribution in [-0.2, 0) is 4.74 Å². The van der Waals surface area contributed by atoms with E-state index in [2.05, 4.69) is 4.74 Å². The number of rotatable bonds is 11. The second-order valence-electron chi connectivity index (χ2n) is 7.94. The Morgan fingerprint density at radius 2 is 1.03 bits per heavy atom. The fourth-order valence-corrected chi connectivity index (χ4v) is 3.15. The van der Waals surface area contributed by atoms with E-state index in [0.717, 1.165) is 6.07 Å². The maximum Gasteiger partial charge on any atom is 0.460 e. The summed E-state index contributed by atoms with van der Waals surface area (Å²) >= 11 is 0. The Bertz CT molecular complexity index is 891.